The minimum atomic E-state index is -0.0627. The quantitative estimate of drug-likeness (QED) is 0.817. The molecule has 0 aromatic carbocycles. The molecule has 2 N–H and O–H groups in total. The summed E-state index contributed by atoms with van der Waals surface area (Å²) in [7, 11) is 0. The van der Waals surface area contributed by atoms with Crippen LogP contribution in [0.1, 0.15) is 49.6 Å². The summed E-state index contributed by atoms with van der Waals surface area (Å²) >= 11 is 1.59. The van der Waals surface area contributed by atoms with Crippen molar-refractivity contribution >= 4 is 16.3 Å². The SMILES string of the molecule is C=C(C)C1(C(C)C)CCCc2sc(N)c(C#N)c21. The lowest BCUT2D eigenvalue weighted by Gasteiger charge is -2.42. The van der Waals surface area contributed by atoms with E-state index in [4.69, 9.17) is 5.73 Å². The summed E-state index contributed by atoms with van der Waals surface area (Å²) in [6, 6.07) is 2.31. The van der Waals surface area contributed by atoms with Crippen LogP contribution in [0.2, 0.25) is 0 Å². The van der Waals surface area contributed by atoms with Gasteiger partial charge < -0.3 is 5.73 Å². The average molecular weight is 260 g/mol. The van der Waals surface area contributed by atoms with E-state index in [0.29, 0.717) is 16.5 Å². The molecule has 0 radical (unpaired) electrons. The number of nitrogen functional groups attached to an aromatic ring is 1. The number of allylic oxidation sites excluding steroid dienone is 1. The van der Waals surface area contributed by atoms with Crippen LogP contribution in [0.15, 0.2) is 12.2 Å². The third kappa shape index (κ3) is 1.59. The Labute approximate surface area is 113 Å². The van der Waals surface area contributed by atoms with Gasteiger partial charge in [0.2, 0.25) is 0 Å². The lowest BCUT2D eigenvalue weighted by molar-refractivity contribution is 0.315. The summed E-state index contributed by atoms with van der Waals surface area (Å²) < 4.78 is 0. The summed E-state index contributed by atoms with van der Waals surface area (Å²) in [5.74, 6) is 0.440. The maximum atomic E-state index is 9.41. The number of fused-ring (bicyclic) bond motifs is 1. The second-order valence-corrected chi connectivity index (χ2v) is 6.65. The van der Waals surface area contributed by atoms with Crippen LogP contribution in [0.25, 0.3) is 0 Å². The Kier molecular flexibility index (Phi) is 3.25. The molecule has 18 heavy (non-hydrogen) atoms. The smallest absolute Gasteiger partial charge is 0.104 e. The molecule has 2 nitrogen and oxygen atoms in total. The molecule has 3 heteroatoms. The fourth-order valence-electron chi connectivity index (χ4n) is 3.41. The van der Waals surface area contributed by atoms with Gasteiger partial charge in [-0.1, -0.05) is 26.0 Å². The van der Waals surface area contributed by atoms with Crippen molar-refractivity contribution in [3.8, 4) is 6.07 Å². The number of nitriles is 1. The lowest BCUT2D eigenvalue weighted by Crippen LogP contribution is -2.37. The molecule has 0 fully saturated rings. The highest BCUT2D eigenvalue weighted by Gasteiger charge is 2.43. The van der Waals surface area contributed by atoms with Gasteiger partial charge in [0.25, 0.3) is 0 Å². The number of nitrogens with two attached hydrogens (primary N) is 1. The second-order valence-electron chi connectivity index (χ2n) is 5.51. The molecule has 1 aromatic heterocycles. The van der Waals surface area contributed by atoms with Crippen LogP contribution < -0.4 is 5.73 Å². The zero-order valence-electron chi connectivity index (χ0n) is 11.3. The van der Waals surface area contributed by atoms with E-state index in [1.54, 1.807) is 11.3 Å². The molecular weight excluding hydrogens is 240 g/mol. The predicted octanol–water partition coefficient (Wildman–Crippen LogP) is 4.01. The van der Waals surface area contributed by atoms with E-state index in [2.05, 4.69) is 33.4 Å². The average Bonchev–Trinajstić information content (AvgIpc) is 2.63. The van der Waals surface area contributed by atoms with Crippen LogP contribution in [0, 0.1) is 17.2 Å². The van der Waals surface area contributed by atoms with Crippen LogP contribution in [0.3, 0.4) is 0 Å². The van der Waals surface area contributed by atoms with Crippen molar-refractivity contribution in [2.24, 2.45) is 5.92 Å². The Balaban J connectivity index is 2.77. The minimum absolute atomic E-state index is 0.0627. The van der Waals surface area contributed by atoms with Crippen molar-refractivity contribution in [3.05, 3.63) is 28.2 Å². The van der Waals surface area contributed by atoms with Crippen molar-refractivity contribution in [1.82, 2.24) is 0 Å². The summed E-state index contributed by atoms with van der Waals surface area (Å²) in [4.78, 5) is 1.30. The summed E-state index contributed by atoms with van der Waals surface area (Å²) in [5.41, 5.74) is 9.00. The van der Waals surface area contributed by atoms with Gasteiger partial charge in [-0.2, -0.15) is 5.26 Å². The summed E-state index contributed by atoms with van der Waals surface area (Å²) in [5, 5.41) is 10.1. The van der Waals surface area contributed by atoms with Crippen LogP contribution in [0.4, 0.5) is 5.00 Å². The Morgan fingerprint density at radius 2 is 2.22 bits per heavy atom. The topological polar surface area (TPSA) is 49.8 Å². The highest BCUT2D eigenvalue weighted by molar-refractivity contribution is 7.16. The summed E-state index contributed by atoms with van der Waals surface area (Å²) in [6.45, 7) is 10.7. The lowest BCUT2D eigenvalue weighted by atomic mass is 9.61. The zero-order chi connectivity index (χ0) is 13.5. The molecule has 0 aliphatic heterocycles. The van der Waals surface area contributed by atoms with Crippen LogP contribution in [-0.2, 0) is 11.8 Å². The van der Waals surface area contributed by atoms with Gasteiger partial charge >= 0.3 is 0 Å². The van der Waals surface area contributed by atoms with E-state index in [9.17, 15) is 5.26 Å². The highest BCUT2D eigenvalue weighted by Crippen LogP contribution is 2.52. The van der Waals surface area contributed by atoms with Crippen LogP contribution in [-0.4, -0.2) is 0 Å². The first-order valence-corrected chi connectivity index (χ1v) is 7.24. The van der Waals surface area contributed by atoms with Gasteiger partial charge in [-0.15, -0.1) is 11.3 Å². The number of nitrogens with zero attached hydrogens (tertiary/aromatic N) is 1. The minimum Gasteiger partial charge on any atom is -0.389 e. The van der Waals surface area contributed by atoms with E-state index in [1.807, 2.05) is 0 Å². The van der Waals surface area contributed by atoms with E-state index in [-0.39, 0.29) is 5.41 Å². The number of hydrogen-bond acceptors (Lipinski definition) is 3. The van der Waals surface area contributed by atoms with Gasteiger partial charge in [-0.3, -0.25) is 0 Å². The molecule has 1 aromatic rings. The Morgan fingerprint density at radius 3 is 2.72 bits per heavy atom. The second kappa shape index (κ2) is 4.44. The van der Waals surface area contributed by atoms with E-state index in [1.165, 1.54) is 10.4 Å². The Morgan fingerprint density at radius 1 is 1.56 bits per heavy atom. The molecule has 1 aliphatic rings. The van der Waals surface area contributed by atoms with Gasteiger partial charge in [0.1, 0.15) is 11.1 Å². The molecule has 0 saturated carbocycles. The van der Waals surface area contributed by atoms with Crippen molar-refractivity contribution < 1.29 is 0 Å². The zero-order valence-corrected chi connectivity index (χ0v) is 12.2. The molecule has 1 heterocycles. The first-order chi connectivity index (χ1) is 8.45. The number of thiophene rings is 1. The van der Waals surface area contributed by atoms with Gasteiger partial charge in [-0.05, 0) is 37.7 Å². The monoisotopic (exact) mass is 260 g/mol. The molecule has 96 valence electrons. The highest BCUT2D eigenvalue weighted by atomic mass is 32.1. The largest absolute Gasteiger partial charge is 0.389 e. The maximum absolute atomic E-state index is 9.41. The molecule has 0 amide bonds. The molecule has 1 atom stereocenters. The van der Waals surface area contributed by atoms with Crippen LogP contribution in [0.5, 0.6) is 0 Å². The van der Waals surface area contributed by atoms with E-state index in [0.717, 1.165) is 24.8 Å². The van der Waals surface area contributed by atoms with Crippen molar-refractivity contribution in [1.29, 1.82) is 5.26 Å². The molecular formula is C15H20N2S. The van der Waals surface area contributed by atoms with E-state index < -0.39 is 0 Å². The van der Waals surface area contributed by atoms with Crippen molar-refractivity contribution in [2.75, 3.05) is 5.73 Å². The first-order valence-electron chi connectivity index (χ1n) is 6.42. The Hall–Kier alpha value is -1.27. The van der Waals surface area contributed by atoms with Crippen molar-refractivity contribution in [3.63, 3.8) is 0 Å². The number of aryl methyl sites for hydroxylation is 1. The number of rotatable bonds is 2. The van der Waals surface area contributed by atoms with Crippen molar-refractivity contribution in [2.45, 2.75) is 45.4 Å². The molecule has 0 bridgehead atoms. The third-order valence-corrected chi connectivity index (χ3v) is 5.37. The fraction of sp³-hybridized carbons (Fsp3) is 0.533. The van der Waals surface area contributed by atoms with Gasteiger partial charge in [0.05, 0.1) is 5.56 Å². The maximum Gasteiger partial charge on any atom is 0.104 e. The van der Waals surface area contributed by atoms with Gasteiger partial charge in [0.15, 0.2) is 0 Å². The Bertz CT molecular complexity index is 533. The molecule has 1 unspecified atom stereocenters. The molecule has 2 rings (SSSR count). The fourth-order valence-corrected chi connectivity index (χ4v) is 4.55. The molecule has 0 saturated heterocycles. The standard InChI is InChI=1S/C15H20N2S/c1-9(2)15(10(3)4)7-5-6-12-13(15)11(8-16)14(17)18-12/h10H,1,5-7,17H2,2-4H3. The van der Waals surface area contributed by atoms with Gasteiger partial charge in [-0.25, -0.2) is 0 Å². The first kappa shape index (κ1) is 13.2. The number of hydrogen-bond donors (Lipinski definition) is 1. The van der Waals surface area contributed by atoms with Crippen LogP contribution >= 0.6 is 11.3 Å². The number of anilines is 1. The third-order valence-electron chi connectivity index (χ3n) is 4.29. The summed E-state index contributed by atoms with van der Waals surface area (Å²) in [6.07, 6.45) is 3.29. The van der Waals surface area contributed by atoms with Gasteiger partial charge in [0, 0.05) is 10.3 Å². The predicted molar refractivity (Wildman–Crippen MR) is 77.7 cm³/mol. The molecule has 1 aliphatic carbocycles. The molecule has 0 spiro atoms. The normalized spacial score (nSPS) is 22.6. The van der Waals surface area contributed by atoms with E-state index >= 15 is 0 Å².